The van der Waals surface area contributed by atoms with E-state index >= 15 is 0 Å². The van der Waals surface area contributed by atoms with Gasteiger partial charge in [0.05, 0.1) is 0 Å². The SMILES string of the molecule is Cc1ccccc1[C@H](CC=O)CC=C1CCCCC1. The standard InChI is InChI=1S/C18H24O/c1-15-7-5-6-10-18(15)17(13-14-19)12-11-16-8-3-2-4-9-16/h5-7,10-11,14,17H,2-4,8-9,12-13H2,1H3/t17-/m0/s1. The monoisotopic (exact) mass is 256 g/mol. The second-order valence-corrected chi connectivity index (χ2v) is 5.61. The zero-order chi connectivity index (χ0) is 13.5. The molecule has 102 valence electrons. The van der Waals surface area contributed by atoms with Crippen molar-refractivity contribution >= 4 is 6.29 Å². The maximum Gasteiger partial charge on any atom is 0.120 e. The van der Waals surface area contributed by atoms with Crippen LogP contribution in [-0.2, 0) is 4.79 Å². The largest absolute Gasteiger partial charge is 0.303 e. The summed E-state index contributed by atoms with van der Waals surface area (Å²) in [6.45, 7) is 2.14. The number of hydrogen-bond acceptors (Lipinski definition) is 1. The highest BCUT2D eigenvalue weighted by atomic mass is 16.1. The van der Waals surface area contributed by atoms with Crippen molar-refractivity contribution in [3.8, 4) is 0 Å². The molecular formula is C18H24O. The van der Waals surface area contributed by atoms with Gasteiger partial charge in [0.2, 0.25) is 0 Å². The van der Waals surface area contributed by atoms with E-state index in [1.165, 1.54) is 43.2 Å². The molecule has 1 atom stereocenters. The summed E-state index contributed by atoms with van der Waals surface area (Å²) in [5.74, 6) is 0.355. The molecule has 0 aromatic heterocycles. The molecule has 0 unspecified atom stereocenters. The first-order chi connectivity index (χ1) is 9.31. The fourth-order valence-corrected chi connectivity index (χ4v) is 3.03. The lowest BCUT2D eigenvalue weighted by atomic mass is 9.87. The van der Waals surface area contributed by atoms with Crippen LogP contribution in [0.3, 0.4) is 0 Å². The van der Waals surface area contributed by atoms with Crippen LogP contribution in [0.1, 0.15) is 62.0 Å². The Kier molecular flexibility index (Phi) is 5.38. The number of allylic oxidation sites excluding steroid dienone is 2. The van der Waals surface area contributed by atoms with E-state index in [2.05, 4.69) is 37.3 Å². The summed E-state index contributed by atoms with van der Waals surface area (Å²) in [5.41, 5.74) is 4.24. The Morgan fingerprint density at radius 2 is 1.84 bits per heavy atom. The number of carbonyl (C=O) groups excluding carboxylic acids is 1. The lowest BCUT2D eigenvalue weighted by Gasteiger charge is -2.18. The first kappa shape index (κ1) is 14.0. The lowest BCUT2D eigenvalue weighted by molar-refractivity contribution is -0.108. The molecule has 0 spiro atoms. The molecule has 0 heterocycles. The van der Waals surface area contributed by atoms with E-state index in [0.29, 0.717) is 12.3 Å². The smallest absolute Gasteiger partial charge is 0.120 e. The van der Waals surface area contributed by atoms with Crippen molar-refractivity contribution in [3.05, 3.63) is 47.0 Å². The van der Waals surface area contributed by atoms with Gasteiger partial charge in [-0.05, 0) is 56.1 Å². The second-order valence-electron chi connectivity index (χ2n) is 5.61. The van der Waals surface area contributed by atoms with E-state index in [4.69, 9.17) is 0 Å². The van der Waals surface area contributed by atoms with Crippen molar-refractivity contribution in [1.82, 2.24) is 0 Å². The molecule has 0 saturated heterocycles. The van der Waals surface area contributed by atoms with Crippen LogP contribution in [0.25, 0.3) is 0 Å². The highest BCUT2D eigenvalue weighted by Crippen LogP contribution is 2.29. The highest BCUT2D eigenvalue weighted by molar-refractivity contribution is 5.52. The normalized spacial score (nSPS) is 17.0. The molecule has 1 fully saturated rings. The Morgan fingerprint density at radius 3 is 2.53 bits per heavy atom. The van der Waals surface area contributed by atoms with Gasteiger partial charge in [-0.3, -0.25) is 0 Å². The van der Waals surface area contributed by atoms with Crippen LogP contribution in [0.2, 0.25) is 0 Å². The van der Waals surface area contributed by atoms with Gasteiger partial charge in [-0.15, -0.1) is 0 Å². The predicted octanol–water partition coefficient (Wildman–Crippen LogP) is 4.95. The summed E-state index contributed by atoms with van der Waals surface area (Å²) < 4.78 is 0. The molecular weight excluding hydrogens is 232 g/mol. The number of hydrogen-bond donors (Lipinski definition) is 0. The summed E-state index contributed by atoms with van der Waals surface area (Å²) in [7, 11) is 0. The molecule has 0 radical (unpaired) electrons. The summed E-state index contributed by atoms with van der Waals surface area (Å²) in [6, 6.07) is 8.45. The van der Waals surface area contributed by atoms with Crippen LogP contribution in [0.15, 0.2) is 35.9 Å². The number of rotatable bonds is 5. The van der Waals surface area contributed by atoms with Gasteiger partial charge in [0.25, 0.3) is 0 Å². The lowest BCUT2D eigenvalue weighted by Crippen LogP contribution is -2.02. The molecule has 1 heteroatoms. The second kappa shape index (κ2) is 7.28. The molecule has 1 aromatic carbocycles. The zero-order valence-corrected chi connectivity index (χ0v) is 11.9. The molecule has 0 N–H and O–H groups in total. The number of carbonyl (C=O) groups is 1. The van der Waals surface area contributed by atoms with Gasteiger partial charge >= 0.3 is 0 Å². The van der Waals surface area contributed by atoms with Gasteiger partial charge < -0.3 is 4.79 Å². The quantitative estimate of drug-likeness (QED) is 0.538. The van der Waals surface area contributed by atoms with Gasteiger partial charge in [-0.1, -0.05) is 42.3 Å². The maximum atomic E-state index is 10.9. The molecule has 0 aliphatic heterocycles. The van der Waals surface area contributed by atoms with Crippen molar-refractivity contribution in [1.29, 1.82) is 0 Å². The van der Waals surface area contributed by atoms with Crippen molar-refractivity contribution < 1.29 is 4.79 Å². The summed E-state index contributed by atoms with van der Waals surface area (Å²) in [4.78, 5) is 10.9. The Bertz CT molecular complexity index is 437. The van der Waals surface area contributed by atoms with Crippen LogP contribution < -0.4 is 0 Å². The summed E-state index contributed by atoms with van der Waals surface area (Å²) in [6.07, 6.45) is 11.7. The van der Waals surface area contributed by atoms with Gasteiger partial charge in [0.1, 0.15) is 6.29 Å². The summed E-state index contributed by atoms with van der Waals surface area (Å²) in [5, 5.41) is 0. The highest BCUT2D eigenvalue weighted by Gasteiger charge is 2.13. The van der Waals surface area contributed by atoms with E-state index in [0.717, 1.165) is 12.7 Å². The van der Waals surface area contributed by atoms with E-state index in [1.807, 2.05) is 0 Å². The molecule has 1 aliphatic carbocycles. The van der Waals surface area contributed by atoms with E-state index in [-0.39, 0.29) is 0 Å². The van der Waals surface area contributed by atoms with E-state index < -0.39 is 0 Å². The average Bonchev–Trinajstić information content (AvgIpc) is 2.45. The third-order valence-electron chi connectivity index (χ3n) is 4.20. The molecule has 0 bridgehead atoms. The molecule has 1 aliphatic rings. The Balaban J connectivity index is 2.07. The summed E-state index contributed by atoms with van der Waals surface area (Å²) >= 11 is 0. The van der Waals surface area contributed by atoms with Gasteiger partial charge in [-0.25, -0.2) is 0 Å². The minimum Gasteiger partial charge on any atom is -0.303 e. The van der Waals surface area contributed by atoms with Crippen molar-refractivity contribution in [2.45, 2.75) is 57.8 Å². The van der Waals surface area contributed by atoms with Gasteiger partial charge in [0, 0.05) is 6.42 Å². The molecule has 2 rings (SSSR count). The van der Waals surface area contributed by atoms with Crippen LogP contribution >= 0.6 is 0 Å². The number of benzene rings is 1. The van der Waals surface area contributed by atoms with E-state index in [1.54, 1.807) is 5.57 Å². The van der Waals surface area contributed by atoms with Crippen LogP contribution in [-0.4, -0.2) is 6.29 Å². The number of aldehydes is 1. The fourth-order valence-electron chi connectivity index (χ4n) is 3.03. The maximum absolute atomic E-state index is 10.9. The molecule has 0 amide bonds. The Morgan fingerprint density at radius 1 is 1.11 bits per heavy atom. The van der Waals surface area contributed by atoms with Gasteiger partial charge in [-0.2, -0.15) is 0 Å². The molecule has 1 saturated carbocycles. The number of aryl methyl sites for hydroxylation is 1. The van der Waals surface area contributed by atoms with Gasteiger partial charge in [0.15, 0.2) is 0 Å². The van der Waals surface area contributed by atoms with E-state index in [9.17, 15) is 4.79 Å². The molecule has 1 nitrogen and oxygen atoms in total. The van der Waals surface area contributed by atoms with Crippen molar-refractivity contribution in [2.75, 3.05) is 0 Å². The Hall–Kier alpha value is -1.37. The minimum absolute atomic E-state index is 0.355. The van der Waals surface area contributed by atoms with Crippen LogP contribution in [0.5, 0.6) is 0 Å². The zero-order valence-electron chi connectivity index (χ0n) is 11.9. The fraction of sp³-hybridized carbons (Fsp3) is 0.500. The average molecular weight is 256 g/mol. The van der Waals surface area contributed by atoms with Crippen LogP contribution in [0.4, 0.5) is 0 Å². The third kappa shape index (κ3) is 4.05. The first-order valence-electron chi connectivity index (χ1n) is 7.48. The van der Waals surface area contributed by atoms with Crippen LogP contribution in [0, 0.1) is 6.92 Å². The first-order valence-corrected chi connectivity index (χ1v) is 7.48. The molecule has 19 heavy (non-hydrogen) atoms. The molecule has 1 aromatic rings. The third-order valence-corrected chi connectivity index (χ3v) is 4.20. The van der Waals surface area contributed by atoms with Crippen molar-refractivity contribution in [2.24, 2.45) is 0 Å². The minimum atomic E-state index is 0.355. The Labute approximate surface area is 116 Å². The topological polar surface area (TPSA) is 17.1 Å². The van der Waals surface area contributed by atoms with Crippen molar-refractivity contribution in [3.63, 3.8) is 0 Å². The predicted molar refractivity (Wildman–Crippen MR) is 80.4 cm³/mol.